The van der Waals surface area contributed by atoms with Crippen LogP contribution in [-0.4, -0.2) is 54.3 Å². The van der Waals surface area contributed by atoms with E-state index in [2.05, 4.69) is 136 Å². The lowest BCUT2D eigenvalue weighted by Crippen LogP contribution is -2.57. The molecule has 6 heteroatoms. The molecule has 0 aromatic heterocycles. The Morgan fingerprint density at radius 3 is 0.562 bits per heavy atom. The lowest BCUT2D eigenvalue weighted by Gasteiger charge is -2.51. The van der Waals surface area contributed by atoms with E-state index < -0.39 is 22.2 Å². The van der Waals surface area contributed by atoms with Gasteiger partial charge in [-0.05, 0) is 133 Å². The molecule has 3 aromatic carbocycles. The van der Waals surface area contributed by atoms with Gasteiger partial charge in [-0.25, -0.2) is 0 Å². The van der Waals surface area contributed by atoms with E-state index in [9.17, 15) is 0 Å². The van der Waals surface area contributed by atoms with Gasteiger partial charge < -0.3 is 14.2 Å². The molecule has 0 saturated carbocycles. The van der Waals surface area contributed by atoms with Crippen molar-refractivity contribution >= 4 is 35.3 Å². The van der Waals surface area contributed by atoms with E-state index in [1.54, 1.807) is 0 Å². The van der Waals surface area contributed by atoms with Crippen molar-refractivity contribution in [2.75, 3.05) is 54.3 Å². The third-order valence-electron chi connectivity index (χ3n) is 21.1. The first-order valence-corrected chi connectivity index (χ1v) is 42.5. The summed E-state index contributed by atoms with van der Waals surface area (Å²) in [6, 6.07) is 28.0. The highest BCUT2D eigenvalue weighted by atomic mass is 32.2. The molecule has 0 saturated heterocycles. The predicted octanol–water partition coefficient (Wildman–Crippen LogP) is 26.8. The maximum atomic E-state index is 7.89. The summed E-state index contributed by atoms with van der Waals surface area (Å²) < 4.78 is 23.7. The summed E-state index contributed by atoms with van der Waals surface area (Å²) in [7, 11) is 0. The van der Waals surface area contributed by atoms with Gasteiger partial charge in [-0.3, -0.25) is 0 Å². The van der Waals surface area contributed by atoms with E-state index in [1.165, 1.54) is 357 Å². The van der Waals surface area contributed by atoms with Crippen LogP contribution in [0.4, 0.5) is 0 Å². The second-order valence-electron chi connectivity index (χ2n) is 28.1. The van der Waals surface area contributed by atoms with Crippen LogP contribution >= 0.6 is 35.3 Å². The van der Waals surface area contributed by atoms with Crippen molar-refractivity contribution in [3.8, 4) is 0 Å². The number of benzene rings is 3. The Morgan fingerprint density at radius 1 is 0.225 bits per heavy atom. The van der Waals surface area contributed by atoms with Crippen LogP contribution in [0.2, 0.25) is 0 Å². The van der Waals surface area contributed by atoms with Gasteiger partial charge in [-0.1, -0.05) is 344 Å². The molecular formula is C83H138O3S3. The highest BCUT2D eigenvalue weighted by Crippen LogP contribution is 2.83. The molecule has 6 rings (SSSR count). The topological polar surface area (TPSA) is 27.7 Å². The molecule has 0 heterocycles. The van der Waals surface area contributed by atoms with Gasteiger partial charge in [0.25, 0.3) is 0 Å². The third kappa shape index (κ3) is 23.2. The van der Waals surface area contributed by atoms with Crippen LogP contribution in [0.1, 0.15) is 369 Å². The molecule has 0 amide bonds. The van der Waals surface area contributed by atoms with Crippen molar-refractivity contribution in [3.05, 3.63) is 106 Å². The van der Waals surface area contributed by atoms with Crippen LogP contribution in [0.25, 0.3) is 0 Å². The molecule has 89 heavy (non-hydrogen) atoms. The average molecular weight is 1280 g/mol. The van der Waals surface area contributed by atoms with E-state index in [-0.39, 0.29) is 0 Å². The van der Waals surface area contributed by atoms with Crippen LogP contribution in [-0.2, 0) is 31.0 Å². The second kappa shape index (κ2) is 47.5. The third-order valence-corrected chi connectivity index (χ3v) is 24.6. The van der Waals surface area contributed by atoms with E-state index >= 15 is 0 Å². The van der Waals surface area contributed by atoms with E-state index in [4.69, 9.17) is 14.2 Å². The van der Waals surface area contributed by atoms with E-state index in [1.807, 2.05) is 0 Å². The molecule has 3 aromatic rings. The number of thioether (sulfide) groups is 3. The first-order chi connectivity index (χ1) is 44.1. The number of unbranched alkanes of at least 4 members (excludes halogenated alkanes) is 42. The van der Waals surface area contributed by atoms with Crippen LogP contribution in [0.5, 0.6) is 0 Å². The van der Waals surface area contributed by atoms with Gasteiger partial charge in [0, 0.05) is 19.8 Å². The Balaban J connectivity index is 1.01. The number of hydrogen-bond donors (Lipinski definition) is 0. The van der Waals surface area contributed by atoms with Crippen LogP contribution < -0.4 is 0 Å². The van der Waals surface area contributed by atoms with Crippen LogP contribution in [0.15, 0.2) is 72.8 Å². The normalized spacial score (nSPS) is 19.6. The van der Waals surface area contributed by atoms with Crippen LogP contribution in [0.3, 0.4) is 0 Å². The monoisotopic (exact) mass is 1280 g/mol. The summed E-state index contributed by atoms with van der Waals surface area (Å²) >= 11 is 6.62. The standard InChI is InChI=1S/C83H138O3S3/c1-5-8-11-14-17-29-38-53-68-87-71-56-41-32-23-20-26-35-50-65-84-81-74-59-44-46-61-76(74)82(85-66-51-36-27-21-24-33-42-57-72-88-69-54-39-30-18-15-12-9-6-2)78-63-48-49-64-79(78)83(80(81,82)4,77-62-47-45-60-75(77)81)86-67-52-37-28-22-25-34-43-58-73-89-70-55-40-31-19-16-13-10-7-3/h44-49,59-64H,5-43,50-58,65-73H2,1-4H3. The predicted molar refractivity (Wildman–Crippen MR) is 398 cm³/mol. The minimum Gasteiger partial charge on any atom is -0.365 e. The fourth-order valence-electron chi connectivity index (χ4n) is 16.1. The van der Waals surface area contributed by atoms with Crippen molar-refractivity contribution in [2.24, 2.45) is 5.41 Å². The van der Waals surface area contributed by atoms with Crippen molar-refractivity contribution in [1.29, 1.82) is 0 Å². The zero-order chi connectivity index (χ0) is 62.5. The van der Waals surface area contributed by atoms with Crippen LogP contribution in [0, 0.1) is 5.41 Å². The van der Waals surface area contributed by atoms with E-state index in [0.717, 1.165) is 39.1 Å². The van der Waals surface area contributed by atoms with Gasteiger partial charge in [-0.2, -0.15) is 35.3 Å². The molecule has 506 valence electrons. The summed E-state index contributed by atoms with van der Waals surface area (Å²) in [6.07, 6.45) is 65.4. The minimum absolute atomic E-state index is 0.616. The highest BCUT2D eigenvalue weighted by molar-refractivity contribution is 7.99. The van der Waals surface area contributed by atoms with Crippen molar-refractivity contribution in [2.45, 2.75) is 353 Å². The fourth-order valence-corrected chi connectivity index (χ4v) is 19.1. The summed E-state index contributed by atoms with van der Waals surface area (Å²) in [6.45, 7) is 11.7. The first kappa shape index (κ1) is 76.6. The Morgan fingerprint density at radius 2 is 0.382 bits per heavy atom. The molecule has 0 aliphatic heterocycles. The molecule has 3 aliphatic rings. The van der Waals surface area contributed by atoms with Crippen molar-refractivity contribution < 1.29 is 14.2 Å². The minimum atomic E-state index is -0.733. The number of hydrogen-bond acceptors (Lipinski definition) is 6. The molecule has 0 radical (unpaired) electrons. The molecule has 3 nitrogen and oxygen atoms in total. The molecule has 0 fully saturated rings. The Labute approximate surface area is 564 Å². The lowest BCUT2D eigenvalue weighted by molar-refractivity contribution is -0.242. The molecule has 0 atom stereocenters. The first-order valence-electron chi connectivity index (χ1n) is 39.1. The molecule has 0 N–H and O–H groups in total. The SMILES string of the molecule is CCCCCCCCCCSCCCCCCCCCCOC12c3ccccc3C3(OCCCCCCCCCCSCCCCCCCCCC)c4ccccc4C(OCCCCCCCCCCSCCCCCCCCCC)(c4ccccc41)C23C. The summed E-state index contributed by atoms with van der Waals surface area (Å²) in [5, 5.41) is 0. The maximum Gasteiger partial charge on any atom is 0.131 e. The quantitative estimate of drug-likeness (QED) is 0.0523. The summed E-state index contributed by atoms with van der Waals surface area (Å²) in [5.41, 5.74) is 4.93. The van der Waals surface area contributed by atoms with Gasteiger partial charge in [0.1, 0.15) is 16.8 Å². The summed E-state index contributed by atoms with van der Waals surface area (Å²) in [4.78, 5) is 0. The number of ether oxygens (including phenoxy) is 3. The van der Waals surface area contributed by atoms with Gasteiger partial charge in [0.15, 0.2) is 0 Å². The zero-order valence-corrected chi connectivity index (χ0v) is 61.1. The lowest BCUT2D eigenvalue weighted by atomic mass is 9.63. The van der Waals surface area contributed by atoms with Crippen molar-refractivity contribution in [1.82, 2.24) is 0 Å². The Bertz CT molecular complexity index is 1880. The molecule has 0 unspecified atom stereocenters. The maximum absolute atomic E-state index is 7.89. The van der Waals surface area contributed by atoms with Gasteiger partial charge in [-0.15, -0.1) is 0 Å². The zero-order valence-electron chi connectivity index (χ0n) is 58.7. The van der Waals surface area contributed by atoms with Gasteiger partial charge >= 0.3 is 0 Å². The molecule has 0 bridgehead atoms. The number of fused-ring (bicyclic) bond motifs is 9. The second-order valence-corrected chi connectivity index (χ2v) is 31.8. The van der Waals surface area contributed by atoms with Crippen molar-refractivity contribution in [3.63, 3.8) is 0 Å². The van der Waals surface area contributed by atoms with Gasteiger partial charge in [0.2, 0.25) is 0 Å². The van der Waals surface area contributed by atoms with E-state index in [0.29, 0.717) is 0 Å². The fraction of sp³-hybridized carbons (Fsp3) is 0.783. The largest absolute Gasteiger partial charge is 0.365 e. The number of rotatable bonds is 63. The highest BCUT2D eigenvalue weighted by Gasteiger charge is 2.86. The summed E-state index contributed by atoms with van der Waals surface area (Å²) in [5.74, 6) is 8.14. The molecule has 0 spiro atoms. The Kier molecular flexibility index (Phi) is 40.9. The molecular weight excluding hydrogens is 1140 g/mol. The Hall–Kier alpha value is -1.41. The molecule has 3 aliphatic carbocycles. The average Bonchev–Trinajstić information content (AvgIpc) is 1.44. The van der Waals surface area contributed by atoms with Gasteiger partial charge in [0.05, 0.1) is 5.41 Å². The smallest absolute Gasteiger partial charge is 0.131 e.